The summed E-state index contributed by atoms with van der Waals surface area (Å²) < 4.78 is 12.7. The van der Waals surface area contributed by atoms with E-state index in [9.17, 15) is 4.79 Å². The van der Waals surface area contributed by atoms with Crippen LogP contribution >= 0.6 is 0 Å². The van der Waals surface area contributed by atoms with Gasteiger partial charge in [-0.2, -0.15) is 0 Å². The lowest BCUT2D eigenvalue weighted by Crippen LogP contribution is -2.44. The van der Waals surface area contributed by atoms with Gasteiger partial charge in [0.25, 0.3) is 0 Å². The third-order valence-electron chi connectivity index (χ3n) is 8.88. The number of nitrogens with zero attached hydrogens (tertiary/aromatic N) is 1. The molecule has 0 amide bonds. The monoisotopic (exact) mass is 661 g/mol. The molecule has 276 valence electrons. The fourth-order valence-electron chi connectivity index (χ4n) is 6.02. The lowest BCUT2D eigenvalue weighted by atomic mass is 10.1. The number of esters is 1. The fourth-order valence-corrected chi connectivity index (χ4v) is 6.02. The Balaban J connectivity index is 3.89. The van der Waals surface area contributed by atoms with Crippen LogP contribution in [0, 0.1) is 0 Å². The Bertz CT molecular complexity index is 751. The molecule has 0 bridgehead atoms. The van der Waals surface area contributed by atoms with Crippen LogP contribution in [0.25, 0.3) is 0 Å². The third-order valence-corrected chi connectivity index (χ3v) is 8.88. The second-order valence-electron chi connectivity index (χ2n) is 15.1. The van der Waals surface area contributed by atoms with Crippen LogP contribution in [0.3, 0.4) is 0 Å². The van der Waals surface area contributed by atoms with Crippen LogP contribution in [0.1, 0.15) is 194 Å². The first-order chi connectivity index (χ1) is 22.8. The summed E-state index contributed by atoms with van der Waals surface area (Å²) in [5, 5.41) is 0. The Hall–Kier alpha value is -1.55. The number of carbonyl (C=O) groups is 1. The maximum absolute atomic E-state index is 12.4. The van der Waals surface area contributed by atoms with Gasteiger partial charge in [0.2, 0.25) is 0 Å². The minimum atomic E-state index is -0.149. The highest BCUT2D eigenvalue weighted by Crippen LogP contribution is 2.16. The summed E-state index contributed by atoms with van der Waals surface area (Å²) in [6.45, 7) is 9.84. The molecule has 0 N–H and O–H groups in total. The van der Waals surface area contributed by atoms with Crippen LogP contribution in [-0.2, 0) is 14.3 Å². The van der Waals surface area contributed by atoms with Gasteiger partial charge in [-0.15, -0.1) is 0 Å². The molecule has 0 aliphatic heterocycles. The second kappa shape index (κ2) is 34.3. The van der Waals surface area contributed by atoms with Crippen molar-refractivity contribution in [1.82, 2.24) is 0 Å². The van der Waals surface area contributed by atoms with Gasteiger partial charge in [-0.1, -0.05) is 147 Å². The lowest BCUT2D eigenvalue weighted by Gasteiger charge is -2.29. The van der Waals surface area contributed by atoms with Gasteiger partial charge in [0.05, 0.1) is 26.9 Å². The molecule has 0 aliphatic rings. The zero-order valence-corrected chi connectivity index (χ0v) is 32.5. The van der Waals surface area contributed by atoms with E-state index in [2.05, 4.69) is 65.9 Å². The number of likely N-dealkylation sites (N-methyl/N-ethyl adjacent to an activating group) is 1. The molecule has 0 heterocycles. The highest BCUT2D eigenvalue weighted by atomic mass is 16.6. The average Bonchev–Trinajstić information content (AvgIpc) is 3.03. The molecular weight excluding hydrogens is 578 g/mol. The largest absolute Gasteiger partial charge is 0.486 e. The summed E-state index contributed by atoms with van der Waals surface area (Å²) in [4.78, 5) is 12.4. The van der Waals surface area contributed by atoms with Crippen molar-refractivity contribution in [2.45, 2.75) is 200 Å². The summed E-state index contributed by atoms with van der Waals surface area (Å²) in [5.74, 6) is 0.731. The number of hydrogen-bond acceptors (Lipinski definition) is 3. The van der Waals surface area contributed by atoms with Crippen molar-refractivity contribution in [2.75, 3.05) is 34.3 Å². The van der Waals surface area contributed by atoms with Crippen LogP contribution in [0.15, 0.2) is 36.6 Å². The van der Waals surface area contributed by atoms with Gasteiger partial charge in [0.15, 0.2) is 6.10 Å². The van der Waals surface area contributed by atoms with Crippen molar-refractivity contribution in [2.24, 2.45) is 0 Å². The van der Waals surface area contributed by atoms with Gasteiger partial charge >= 0.3 is 5.97 Å². The summed E-state index contributed by atoms with van der Waals surface area (Å²) in [7, 11) is 6.45. The van der Waals surface area contributed by atoms with Crippen molar-refractivity contribution in [3.8, 4) is 0 Å². The molecule has 4 heteroatoms. The molecule has 1 unspecified atom stereocenters. The maximum Gasteiger partial charge on any atom is 0.305 e. The summed E-state index contributed by atoms with van der Waals surface area (Å²) in [6, 6.07) is 0. The number of carbonyl (C=O) groups excluding carboxylic acids is 1. The number of unbranched alkanes of at least 4 members (excludes halogenated alkanes) is 22. The minimum Gasteiger partial charge on any atom is -0.486 e. The predicted octanol–water partition coefficient (Wildman–Crippen LogP) is 13.2. The molecule has 0 aromatic heterocycles. The SMILES string of the molecule is C=C(CCCCCCC/C=C\CCCCCCCC)OC(COC(=O)CCCCCCC/C=C\CCCCCCCC)C[N+](C)(C)C. The third kappa shape index (κ3) is 37.1. The van der Waals surface area contributed by atoms with Gasteiger partial charge < -0.3 is 14.0 Å². The van der Waals surface area contributed by atoms with Gasteiger partial charge in [0, 0.05) is 12.8 Å². The van der Waals surface area contributed by atoms with Gasteiger partial charge in [-0.05, 0) is 64.2 Å². The Morgan fingerprint density at radius 3 is 1.32 bits per heavy atom. The molecule has 4 nitrogen and oxygen atoms in total. The van der Waals surface area contributed by atoms with Crippen molar-refractivity contribution < 1.29 is 18.8 Å². The van der Waals surface area contributed by atoms with E-state index in [0.717, 1.165) is 42.5 Å². The number of quaternary nitrogens is 1. The molecule has 0 rings (SSSR count). The van der Waals surface area contributed by atoms with Crippen LogP contribution in [-0.4, -0.2) is 50.9 Å². The van der Waals surface area contributed by atoms with Crippen LogP contribution in [0.4, 0.5) is 0 Å². The van der Waals surface area contributed by atoms with Crippen molar-refractivity contribution >= 4 is 5.97 Å². The maximum atomic E-state index is 12.4. The van der Waals surface area contributed by atoms with E-state index in [-0.39, 0.29) is 12.1 Å². The van der Waals surface area contributed by atoms with E-state index in [0.29, 0.717) is 13.0 Å². The molecule has 0 saturated carbocycles. The van der Waals surface area contributed by atoms with Crippen LogP contribution in [0.2, 0.25) is 0 Å². The van der Waals surface area contributed by atoms with Gasteiger partial charge in [0.1, 0.15) is 13.2 Å². The molecule has 0 aliphatic carbocycles. The highest BCUT2D eigenvalue weighted by molar-refractivity contribution is 5.69. The van der Waals surface area contributed by atoms with E-state index < -0.39 is 0 Å². The molecule has 0 radical (unpaired) electrons. The molecule has 0 aromatic carbocycles. The molecule has 1 atom stereocenters. The molecular formula is C43H82NO3+. The average molecular weight is 661 g/mol. The predicted molar refractivity (Wildman–Crippen MR) is 207 cm³/mol. The first kappa shape index (κ1) is 45.5. The van der Waals surface area contributed by atoms with E-state index in [1.165, 1.54) is 148 Å². The molecule has 0 aromatic rings. The first-order valence-electron chi connectivity index (χ1n) is 20.4. The Morgan fingerprint density at radius 1 is 0.553 bits per heavy atom. The summed E-state index contributed by atoms with van der Waals surface area (Å²) in [5.41, 5.74) is 0. The second-order valence-corrected chi connectivity index (χ2v) is 15.1. The van der Waals surface area contributed by atoms with E-state index in [1.54, 1.807) is 0 Å². The van der Waals surface area contributed by atoms with Gasteiger partial charge in [-0.25, -0.2) is 0 Å². The zero-order valence-electron chi connectivity index (χ0n) is 32.5. The van der Waals surface area contributed by atoms with Crippen molar-refractivity contribution in [3.05, 3.63) is 36.6 Å². The lowest BCUT2D eigenvalue weighted by molar-refractivity contribution is -0.873. The first-order valence-corrected chi connectivity index (χ1v) is 20.4. The molecule has 0 spiro atoms. The summed E-state index contributed by atoms with van der Waals surface area (Å²) in [6.07, 6.45) is 44.0. The smallest absolute Gasteiger partial charge is 0.305 e. The molecule has 47 heavy (non-hydrogen) atoms. The number of hydrogen-bond donors (Lipinski definition) is 0. The van der Waals surface area contributed by atoms with Crippen molar-refractivity contribution in [1.29, 1.82) is 0 Å². The topological polar surface area (TPSA) is 35.5 Å². The van der Waals surface area contributed by atoms with E-state index in [4.69, 9.17) is 9.47 Å². The number of allylic oxidation sites excluding steroid dienone is 5. The van der Waals surface area contributed by atoms with E-state index >= 15 is 0 Å². The van der Waals surface area contributed by atoms with Crippen LogP contribution < -0.4 is 0 Å². The molecule has 0 fully saturated rings. The Labute approximate surface area is 294 Å². The van der Waals surface area contributed by atoms with Gasteiger partial charge in [-0.3, -0.25) is 4.79 Å². The standard InChI is InChI=1S/C43H82NO3/c1-7-9-11-13-15-17-19-21-23-25-27-29-31-33-35-37-41(3)47-42(39-44(4,5)6)40-46-43(45)38-36-34-32-30-28-26-24-22-20-18-16-14-12-10-8-2/h21-24,42H,3,7-20,25-40H2,1-2,4-6H3/q+1/b23-21-,24-22-. The number of ether oxygens (including phenoxy) is 2. The molecule has 0 saturated heterocycles. The van der Waals surface area contributed by atoms with Crippen molar-refractivity contribution in [3.63, 3.8) is 0 Å². The Kier molecular flexibility index (Phi) is 33.2. The number of rotatable bonds is 36. The normalized spacial score (nSPS) is 12.7. The summed E-state index contributed by atoms with van der Waals surface area (Å²) >= 11 is 0. The fraction of sp³-hybridized carbons (Fsp3) is 0.837. The highest BCUT2D eigenvalue weighted by Gasteiger charge is 2.22. The minimum absolute atomic E-state index is 0.0968. The van der Waals surface area contributed by atoms with E-state index in [1.807, 2.05) is 0 Å². The Morgan fingerprint density at radius 2 is 0.915 bits per heavy atom. The quantitative estimate of drug-likeness (QED) is 0.0220. The zero-order chi connectivity index (χ0) is 34.7. The van der Waals surface area contributed by atoms with Crippen LogP contribution in [0.5, 0.6) is 0 Å².